The topological polar surface area (TPSA) is 56.8 Å². The van der Waals surface area contributed by atoms with Crippen molar-refractivity contribution in [3.05, 3.63) is 83.4 Å². The van der Waals surface area contributed by atoms with Crippen LogP contribution in [-0.4, -0.2) is 33.7 Å². The van der Waals surface area contributed by atoms with Crippen molar-refractivity contribution >= 4 is 31.7 Å². The van der Waals surface area contributed by atoms with Crippen molar-refractivity contribution in [2.45, 2.75) is 69.2 Å². The molecular weight excluding hydrogens is 523 g/mol. The molecule has 1 heterocycles. The van der Waals surface area contributed by atoms with Gasteiger partial charge in [-0.3, -0.25) is 4.79 Å². The van der Waals surface area contributed by atoms with Gasteiger partial charge in [-0.05, 0) is 49.0 Å². The summed E-state index contributed by atoms with van der Waals surface area (Å²) in [5.74, 6) is 1.51. The van der Waals surface area contributed by atoms with Crippen LogP contribution in [0.15, 0.2) is 71.6 Å². The first-order chi connectivity index (χ1) is 18.6. The Hall–Kier alpha value is -2.58. The summed E-state index contributed by atoms with van der Waals surface area (Å²) < 4.78 is 18.4. The predicted octanol–water partition coefficient (Wildman–Crippen LogP) is 8.60. The zero-order valence-electron chi connectivity index (χ0n) is 24.0. The van der Waals surface area contributed by atoms with E-state index in [2.05, 4.69) is 39.2 Å². The van der Waals surface area contributed by atoms with E-state index in [1.807, 2.05) is 73.0 Å². The highest BCUT2D eigenvalue weighted by Crippen LogP contribution is 2.45. The monoisotopic (exact) mass is 563 g/mol. The number of anilines is 1. The van der Waals surface area contributed by atoms with Crippen LogP contribution in [0, 0.1) is 0 Å². The van der Waals surface area contributed by atoms with Crippen molar-refractivity contribution in [3.63, 3.8) is 0 Å². The lowest BCUT2D eigenvalue weighted by molar-refractivity contribution is -0.116. The first-order valence-corrected chi connectivity index (χ1v) is 17.8. The van der Waals surface area contributed by atoms with E-state index < -0.39 is 8.32 Å². The molecule has 0 radical (unpaired) electrons. The minimum absolute atomic E-state index is 0.0305. The summed E-state index contributed by atoms with van der Waals surface area (Å²) in [5.41, 5.74) is 3.88. The Morgan fingerprint density at radius 2 is 1.59 bits per heavy atom. The number of thioether (sulfide) groups is 1. The smallest absolute Gasteiger partial charge is 0.225 e. The lowest BCUT2D eigenvalue weighted by atomic mass is 9.85. The van der Waals surface area contributed by atoms with Crippen LogP contribution in [0.25, 0.3) is 0 Å². The molecule has 0 atom stereocenters. The molecular formula is C32H41NO4SSi. The number of carbonyl (C=O) groups excluding carboxylic acids is 1. The minimum atomic E-state index is -1.75. The fraction of sp³-hybridized carbons (Fsp3) is 0.406. The SMILES string of the molecule is CSc1cccc(COCCCO[Si](C)(C)C(C)(C)C)c1NC(=O)CC1c2ccccc2Oc2ccccc21. The Bertz CT molecular complexity index is 1240. The van der Waals surface area contributed by atoms with Crippen molar-refractivity contribution < 1.29 is 18.7 Å². The van der Waals surface area contributed by atoms with Gasteiger partial charge in [0.15, 0.2) is 8.32 Å². The summed E-state index contributed by atoms with van der Waals surface area (Å²) in [6.45, 7) is 13.1. The summed E-state index contributed by atoms with van der Waals surface area (Å²) in [6, 6.07) is 22.0. The van der Waals surface area contributed by atoms with Crippen LogP contribution in [0.1, 0.15) is 56.2 Å². The van der Waals surface area contributed by atoms with E-state index in [1.54, 1.807) is 11.8 Å². The standard InChI is InChI=1S/C32H41NO4SSi/c1-32(2,3)39(5,6)36-20-12-19-35-22-23-13-11-18-29(38-4)31(23)33-30(34)21-26-24-14-7-9-16-27(24)37-28-17-10-8-15-25(26)28/h7-11,13-18,26H,12,19-22H2,1-6H3,(H,33,34). The van der Waals surface area contributed by atoms with Gasteiger partial charge in [0.25, 0.3) is 0 Å². The number of ether oxygens (including phenoxy) is 2. The van der Waals surface area contributed by atoms with Gasteiger partial charge in [0.1, 0.15) is 11.5 Å². The third kappa shape index (κ3) is 7.14. The van der Waals surface area contributed by atoms with Gasteiger partial charge in [-0.25, -0.2) is 0 Å². The number of amides is 1. The van der Waals surface area contributed by atoms with Crippen molar-refractivity contribution in [2.75, 3.05) is 24.8 Å². The van der Waals surface area contributed by atoms with E-state index >= 15 is 0 Å². The second kappa shape index (κ2) is 12.7. The van der Waals surface area contributed by atoms with E-state index in [-0.39, 0.29) is 16.9 Å². The first kappa shape index (κ1) is 29.4. The van der Waals surface area contributed by atoms with Gasteiger partial charge >= 0.3 is 0 Å². The maximum Gasteiger partial charge on any atom is 0.225 e. The Kier molecular flexibility index (Phi) is 9.59. The van der Waals surface area contributed by atoms with Crippen LogP contribution in [0.3, 0.4) is 0 Å². The highest BCUT2D eigenvalue weighted by molar-refractivity contribution is 7.98. The molecule has 4 rings (SSSR count). The molecule has 1 amide bonds. The summed E-state index contributed by atoms with van der Waals surface area (Å²) >= 11 is 1.62. The Labute approximate surface area is 238 Å². The molecule has 39 heavy (non-hydrogen) atoms. The van der Waals surface area contributed by atoms with E-state index in [4.69, 9.17) is 13.9 Å². The maximum atomic E-state index is 13.5. The molecule has 0 unspecified atom stereocenters. The van der Waals surface area contributed by atoms with E-state index in [0.717, 1.165) is 45.2 Å². The highest BCUT2D eigenvalue weighted by atomic mass is 32.2. The van der Waals surface area contributed by atoms with Gasteiger partial charge in [-0.15, -0.1) is 11.8 Å². The molecule has 0 bridgehead atoms. The Morgan fingerprint density at radius 3 is 2.21 bits per heavy atom. The Morgan fingerprint density at radius 1 is 0.949 bits per heavy atom. The van der Waals surface area contributed by atoms with Crippen LogP contribution < -0.4 is 10.1 Å². The fourth-order valence-corrected chi connectivity index (χ4v) is 6.19. The quantitative estimate of drug-likeness (QED) is 0.144. The Balaban J connectivity index is 1.40. The predicted molar refractivity (Wildman–Crippen MR) is 164 cm³/mol. The molecule has 0 aliphatic carbocycles. The lowest BCUT2D eigenvalue weighted by Gasteiger charge is -2.36. The third-order valence-corrected chi connectivity index (χ3v) is 13.1. The van der Waals surface area contributed by atoms with Crippen LogP contribution in [0.2, 0.25) is 18.1 Å². The zero-order chi connectivity index (χ0) is 28.0. The molecule has 0 spiro atoms. The number of para-hydroxylation sites is 3. The van der Waals surface area contributed by atoms with Gasteiger partial charge < -0.3 is 19.2 Å². The first-order valence-electron chi connectivity index (χ1n) is 13.6. The minimum Gasteiger partial charge on any atom is -0.457 e. The van der Waals surface area contributed by atoms with E-state index in [9.17, 15) is 4.79 Å². The largest absolute Gasteiger partial charge is 0.457 e. The second-order valence-corrected chi connectivity index (χ2v) is 17.1. The van der Waals surface area contributed by atoms with Crippen molar-refractivity contribution in [1.82, 2.24) is 0 Å². The summed E-state index contributed by atoms with van der Waals surface area (Å²) in [4.78, 5) is 14.5. The molecule has 208 valence electrons. The molecule has 5 nitrogen and oxygen atoms in total. The number of hydrogen-bond donors (Lipinski definition) is 1. The molecule has 0 fully saturated rings. The average Bonchev–Trinajstić information content (AvgIpc) is 2.90. The van der Waals surface area contributed by atoms with Crippen LogP contribution >= 0.6 is 11.8 Å². The summed E-state index contributed by atoms with van der Waals surface area (Å²) in [6.07, 6.45) is 3.20. The van der Waals surface area contributed by atoms with Crippen LogP contribution in [0.4, 0.5) is 5.69 Å². The number of fused-ring (bicyclic) bond motifs is 2. The maximum absolute atomic E-state index is 13.5. The number of carbonyl (C=O) groups is 1. The third-order valence-electron chi connectivity index (χ3n) is 7.75. The highest BCUT2D eigenvalue weighted by Gasteiger charge is 2.36. The number of hydrogen-bond acceptors (Lipinski definition) is 5. The zero-order valence-corrected chi connectivity index (χ0v) is 25.8. The van der Waals surface area contributed by atoms with Crippen LogP contribution in [0.5, 0.6) is 11.5 Å². The summed E-state index contributed by atoms with van der Waals surface area (Å²) in [7, 11) is -1.75. The molecule has 0 saturated carbocycles. The average molecular weight is 564 g/mol. The molecule has 3 aromatic rings. The van der Waals surface area contributed by atoms with Gasteiger partial charge in [-0.2, -0.15) is 0 Å². The normalized spacial score (nSPS) is 13.4. The van der Waals surface area contributed by atoms with Gasteiger partial charge in [-0.1, -0.05) is 69.3 Å². The van der Waals surface area contributed by atoms with Crippen molar-refractivity contribution in [3.8, 4) is 11.5 Å². The van der Waals surface area contributed by atoms with E-state index in [1.165, 1.54) is 0 Å². The molecule has 1 aliphatic heterocycles. The van der Waals surface area contributed by atoms with Crippen LogP contribution in [-0.2, 0) is 20.6 Å². The van der Waals surface area contributed by atoms with Gasteiger partial charge in [0.05, 0.1) is 12.3 Å². The van der Waals surface area contributed by atoms with Crippen molar-refractivity contribution in [1.29, 1.82) is 0 Å². The number of benzene rings is 3. The number of rotatable bonds is 11. The second-order valence-electron chi connectivity index (χ2n) is 11.5. The fourth-order valence-electron chi connectivity index (χ4n) is 4.50. The summed E-state index contributed by atoms with van der Waals surface area (Å²) in [5, 5.41) is 3.43. The molecule has 7 heteroatoms. The molecule has 1 N–H and O–H groups in total. The van der Waals surface area contributed by atoms with Gasteiger partial charge in [0.2, 0.25) is 5.91 Å². The molecule has 1 aliphatic rings. The van der Waals surface area contributed by atoms with Gasteiger partial charge in [0, 0.05) is 47.1 Å². The molecule has 3 aromatic carbocycles. The molecule has 0 saturated heterocycles. The molecule has 0 aromatic heterocycles. The van der Waals surface area contributed by atoms with E-state index in [0.29, 0.717) is 26.2 Å². The van der Waals surface area contributed by atoms with Crippen molar-refractivity contribution in [2.24, 2.45) is 0 Å². The lowest BCUT2D eigenvalue weighted by Crippen LogP contribution is -2.41. The number of nitrogens with one attached hydrogen (secondary N) is 1.